The van der Waals surface area contributed by atoms with Crippen molar-refractivity contribution in [3.8, 4) is 0 Å². The summed E-state index contributed by atoms with van der Waals surface area (Å²) in [5.41, 5.74) is 0. The van der Waals surface area contributed by atoms with E-state index >= 15 is 0 Å². The van der Waals surface area contributed by atoms with Gasteiger partial charge in [-0.15, -0.1) is 0 Å². The quantitative estimate of drug-likeness (QED) is 0.716. The molecule has 0 saturated carbocycles. The van der Waals surface area contributed by atoms with Crippen LogP contribution in [0.1, 0.15) is 0 Å². The number of carbonyl (C=O) groups excluding carboxylic acids is 1. The summed E-state index contributed by atoms with van der Waals surface area (Å²) in [6, 6.07) is 1.29. The van der Waals surface area contributed by atoms with E-state index in [4.69, 9.17) is 0 Å². The Hall–Kier alpha value is -1.45. The Labute approximate surface area is 111 Å². The highest BCUT2D eigenvalue weighted by Gasteiger charge is 2.38. The number of ether oxygens (including phenoxy) is 1. The number of nitrogens with zero attached hydrogens (tertiary/aromatic N) is 3. The number of hydrogen-bond acceptors (Lipinski definition) is 5. The van der Waals surface area contributed by atoms with Gasteiger partial charge in [-0.1, -0.05) is 0 Å². The van der Waals surface area contributed by atoms with E-state index in [-0.39, 0.29) is 36.7 Å². The van der Waals surface area contributed by atoms with E-state index in [9.17, 15) is 13.2 Å². The van der Waals surface area contributed by atoms with Crippen LogP contribution < -0.4 is 5.32 Å². The average Bonchev–Trinajstić information content (AvgIpc) is 2.70. The van der Waals surface area contributed by atoms with Crippen molar-refractivity contribution in [2.24, 2.45) is 7.05 Å². The second kappa shape index (κ2) is 5.27. The maximum absolute atomic E-state index is 12.2. The van der Waals surface area contributed by atoms with Crippen LogP contribution in [0, 0.1) is 0 Å². The molecule has 0 radical (unpaired) electrons. The summed E-state index contributed by atoms with van der Waals surface area (Å²) in [4.78, 5) is 11.3. The lowest BCUT2D eigenvalue weighted by Gasteiger charge is -2.38. The molecule has 8 nitrogen and oxygen atoms in total. The Morgan fingerprint density at radius 2 is 2.26 bits per heavy atom. The molecule has 0 unspecified atom stereocenters. The van der Waals surface area contributed by atoms with Crippen molar-refractivity contribution in [3.63, 3.8) is 0 Å². The molecular weight excluding hydrogens is 272 g/mol. The summed E-state index contributed by atoms with van der Waals surface area (Å²) in [6.07, 6.45) is 1.44. The largest absolute Gasteiger partial charge is 0.375 e. The minimum absolute atomic E-state index is 0.0228. The van der Waals surface area contributed by atoms with Gasteiger partial charge in [0.15, 0.2) is 5.03 Å². The fraction of sp³-hybridized carbons (Fsp3) is 0.600. The summed E-state index contributed by atoms with van der Waals surface area (Å²) < 4.78 is 31.7. The van der Waals surface area contributed by atoms with Crippen molar-refractivity contribution in [1.29, 1.82) is 0 Å². The number of carbonyl (C=O) groups is 1. The van der Waals surface area contributed by atoms with Crippen molar-refractivity contribution in [1.82, 2.24) is 19.4 Å². The summed E-state index contributed by atoms with van der Waals surface area (Å²) in [7, 11) is -0.515. The van der Waals surface area contributed by atoms with Crippen molar-refractivity contribution in [3.05, 3.63) is 12.3 Å². The molecule has 0 spiro atoms. The van der Waals surface area contributed by atoms with Gasteiger partial charge in [0.25, 0.3) is 10.0 Å². The monoisotopic (exact) mass is 288 g/mol. The van der Waals surface area contributed by atoms with Crippen LogP contribution in [0.25, 0.3) is 0 Å². The highest BCUT2D eigenvalue weighted by atomic mass is 32.2. The second-order valence-corrected chi connectivity index (χ2v) is 6.20. The van der Waals surface area contributed by atoms with Gasteiger partial charge in [-0.25, -0.2) is 8.42 Å². The molecular formula is C10H16N4O4S. The van der Waals surface area contributed by atoms with Crippen LogP contribution in [0.15, 0.2) is 17.3 Å². The highest BCUT2D eigenvalue weighted by molar-refractivity contribution is 7.89. The molecule has 0 bridgehead atoms. The lowest BCUT2D eigenvalue weighted by atomic mass is 10.2. The number of aromatic nitrogens is 2. The van der Waals surface area contributed by atoms with E-state index in [0.29, 0.717) is 0 Å². The van der Waals surface area contributed by atoms with E-state index < -0.39 is 10.0 Å². The molecule has 1 saturated heterocycles. The van der Waals surface area contributed by atoms with Gasteiger partial charge in [0.1, 0.15) is 6.61 Å². The normalized spacial score (nSPS) is 17.2. The van der Waals surface area contributed by atoms with Gasteiger partial charge in [-0.05, 0) is 6.07 Å². The molecule has 1 aromatic heterocycles. The van der Waals surface area contributed by atoms with Gasteiger partial charge >= 0.3 is 0 Å². The lowest BCUT2D eigenvalue weighted by Crippen LogP contribution is -2.61. The first-order valence-corrected chi connectivity index (χ1v) is 7.15. The molecule has 1 fully saturated rings. The van der Waals surface area contributed by atoms with Crippen LogP contribution in [0.3, 0.4) is 0 Å². The van der Waals surface area contributed by atoms with Gasteiger partial charge < -0.3 is 10.1 Å². The van der Waals surface area contributed by atoms with E-state index in [1.165, 1.54) is 28.4 Å². The van der Waals surface area contributed by atoms with Crippen molar-refractivity contribution < 1.29 is 17.9 Å². The number of hydrogen-bond donors (Lipinski definition) is 1. The van der Waals surface area contributed by atoms with Crippen LogP contribution in [0.4, 0.5) is 0 Å². The minimum Gasteiger partial charge on any atom is -0.375 e. The van der Waals surface area contributed by atoms with E-state index in [1.54, 1.807) is 7.05 Å². The highest BCUT2D eigenvalue weighted by Crippen LogP contribution is 2.20. The Morgan fingerprint density at radius 3 is 2.79 bits per heavy atom. The molecule has 1 amide bonds. The Morgan fingerprint density at radius 1 is 1.58 bits per heavy atom. The maximum atomic E-state index is 12.2. The van der Waals surface area contributed by atoms with Gasteiger partial charge in [0, 0.05) is 27.2 Å². The lowest BCUT2D eigenvalue weighted by molar-refractivity contribution is -0.126. The number of aryl methyl sites for hydroxylation is 1. The first kappa shape index (κ1) is 14.0. The summed E-state index contributed by atoms with van der Waals surface area (Å²) in [6.45, 7) is 0.511. The molecule has 0 atom stereocenters. The average molecular weight is 288 g/mol. The Kier molecular flexibility index (Phi) is 3.88. The minimum atomic E-state index is -3.52. The zero-order valence-electron chi connectivity index (χ0n) is 10.7. The first-order valence-electron chi connectivity index (χ1n) is 5.71. The zero-order valence-corrected chi connectivity index (χ0v) is 11.6. The third-order valence-corrected chi connectivity index (χ3v) is 4.78. The molecule has 1 aliphatic rings. The SMILES string of the molecule is COCC(=O)NC1CN(S(=O)(=O)c2ccnn2C)C1. The molecule has 2 rings (SSSR count). The van der Waals surface area contributed by atoms with Crippen LogP contribution in [-0.4, -0.2) is 61.3 Å². The molecule has 1 N–H and O–H groups in total. The number of sulfonamides is 1. The number of amides is 1. The Balaban J connectivity index is 1.94. The smallest absolute Gasteiger partial charge is 0.260 e. The van der Waals surface area contributed by atoms with Crippen LogP contribution >= 0.6 is 0 Å². The topological polar surface area (TPSA) is 93.5 Å². The molecule has 9 heteroatoms. The maximum Gasteiger partial charge on any atom is 0.260 e. The first-order chi connectivity index (χ1) is 8.95. The summed E-state index contributed by atoms with van der Waals surface area (Å²) >= 11 is 0. The number of methoxy groups -OCH3 is 1. The summed E-state index contributed by atoms with van der Waals surface area (Å²) in [5.74, 6) is -0.245. The molecule has 0 aromatic carbocycles. The summed E-state index contributed by atoms with van der Waals surface area (Å²) in [5, 5.41) is 6.67. The van der Waals surface area contributed by atoms with Crippen molar-refractivity contribution in [2.45, 2.75) is 11.1 Å². The van der Waals surface area contributed by atoms with E-state index in [2.05, 4.69) is 15.2 Å². The zero-order chi connectivity index (χ0) is 14.0. The molecule has 1 aliphatic heterocycles. The van der Waals surface area contributed by atoms with Gasteiger partial charge in [0.05, 0.1) is 12.2 Å². The van der Waals surface area contributed by atoms with Crippen LogP contribution in [0.5, 0.6) is 0 Å². The van der Waals surface area contributed by atoms with E-state index in [0.717, 1.165) is 0 Å². The third-order valence-electron chi connectivity index (χ3n) is 2.87. The fourth-order valence-electron chi connectivity index (χ4n) is 1.87. The van der Waals surface area contributed by atoms with Gasteiger partial charge in [0.2, 0.25) is 5.91 Å². The molecule has 1 aromatic rings. The van der Waals surface area contributed by atoms with E-state index in [1.807, 2.05) is 0 Å². The van der Waals surface area contributed by atoms with Crippen LogP contribution in [-0.2, 0) is 26.6 Å². The molecule has 0 aliphatic carbocycles. The fourth-order valence-corrected chi connectivity index (χ4v) is 3.50. The molecule has 19 heavy (non-hydrogen) atoms. The molecule has 2 heterocycles. The number of rotatable bonds is 5. The third kappa shape index (κ3) is 2.77. The van der Waals surface area contributed by atoms with Gasteiger partial charge in [-0.3, -0.25) is 9.48 Å². The molecule has 106 valence electrons. The van der Waals surface area contributed by atoms with Crippen molar-refractivity contribution in [2.75, 3.05) is 26.8 Å². The number of nitrogens with one attached hydrogen (secondary N) is 1. The standard InChI is InChI=1S/C10H16N4O4S/c1-13-10(3-4-11-13)19(16,17)14-5-8(6-14)12-9(15)7-18-2/h3-4,8H,5-7H2,1-2H3,(H,12,15). The van der Waals surface area contributed by atoms with Crippen LogP contribution in [0.2, 0.25) is 0 Å². The van der Waals surface area contributed by atoms with Crippen molar-refractivity contribution >= 4 is 15.9 Å². The predicted molar refractivity (Wildman–Crippen MR) is 65.8 cm³/mol. The predicted octanol–water partition coefficient (Wildman–Crippen LogP) is -1.44. The second-order valence-electron chi connectivity index (χ2n) is 4.31. The Bertz CT molecular complexity index is 562. The van der Waals surface area contributed by atoms with Gasteiger partial charge in [-0.2, -0.15) is 9.40 Å².